The van der Waals surface area contributed by atoms with E-state index in [2.05, 4.69) is 5.32 Å². The molecular weight excluding hydrogens is 290 g/mol. The van der Waals surface area contributed by atoms with E-state index in [0.29, 0.717) is 30.7 Å². The molecular formula is C19H27NO3. The molecule has 1 aliphatic carbocycles. The fourth-order valence-electron chi connectivity index (χ4n) is 3.83. The Kier molecular flexibility index (Phi) is 5.21. The number of piperidine rings is 1. The molecule has 126 valence electrons. The number of ether oxygens (including phenoxy) is 2. The van der Waals surface area contributed by atoms with Crippen LogP contribution in [0.3, 0.4) is 0 Å². The smallest absolute Gasteiger partial charge is 0.166 e. The van der Waals surface area contributed by atoms with Crippen LogP contribution >= 0.6 is 0 Å². The van der Waals surface area contributed by atoms with Crippen molar-refractivity contribution in [1.29, 1.82) is 0 Å². The molecule has 0 bridgehead atoms. The Labute approximate surface area is 138 Å². The highest BCUT2D eigenvalue weighted by Crippen LogP contribution is 2.39. The number of rotatable bonds is 6. The molecule has 23 heavy (non-hydrogen) atoms. The Hall–Kier alpha value is -1.55. The monoisotopic (exact) mass is 317 g/mol. The van der Waals surface area contributed by atoms with E-state index in [4.69, 9.17) is 9.47 Å². The van der Waals surface area contributed by atoms with Crippen molar-refractivity contribution in [1.82, 2.24) is 5.32 Å². The molecule has 1 N–H and O–H groups in total. The lowest BCUT2D eigenvalue weighted by molar-refractivity contribution is 0.0912. The van der Waals surface area contributed by atoms with Gasteiger partial charge in [0.2, 0.25) is 0 Å². The summed E-state index contributed by atoms with van der Waals surface area (Å²) in [7, 11) is 0. The average molecular weight is 317 g/mol. The van der Waals surface area contributed by atoms with Crippen molar-refractivity contribution in [2.24, 2.45) is 11.8 Å². The molecule has 1 aromatic rings. The highest BCUT2D eigenvalue weighted by atomic mass is 16.5. The van der Waals surface area contributed by atoms with Gasteiger partial charge >= 0.3 is 0 Å². The SMILES string of the molecule is CCOc1cc2c(cc1OCC)C(=O)C(CC1CCNCC1)C2. The van der Waals surface area contributed by atoms with Gasteiger partial charge in [-0.25, -0.2) is 0 Å². The summed E-state index contributed by atoms with van der Waals surface area (Å²) in [5, 5.41) is 3.39. The van der Waals surface area contributed by atoms with Gasteiger partial charge in [0.05, 0.1) is 13.2 Å². The molecule has 1 heterocycles. The molecule has 0 aromatic heterocycles. The fourth-order valence-corrected chi connectivity index (χ4v) is 3.83. The van der Waals surface area contributed by atoms with Crippen LogP contribution in [-0.4, -0.2) is 32.1 Å². The van der Waals surface area contributed by atoms with Gasteiger partial charge in [-0.1, -0.05) is 0 Å². The van der Waals surface area contributed by atoms with Crippen molar-refractivity contribution >= 4 is 5.78 Å². The summed E-state index contributed by atoms with van der Waals surface area (Å²) in [6.07, 6.45) is 4.25. The third-order valence-electron chi connectivity index (χ3n) is 4.95. The van der Waals surface area contributed by atoms with E-state index in [1.165, 1.54) is 12.8 Å². The number of Topliss-reactive ketones (excluding diaryl/α,β-unsaturated/α-hetero) is 1. The van der Waals surface area contributed by atoms with Crippen LogP contribution in [-0.2, 0) is 6.42 Å². The van der Waals surface area contributed by atoms with Crippen LogP contribution in [0.25, 0.3) is 0 Å². The van der Waals surface area contributed by atoms with E-state index in [9.17, 15) is 4.79 Å². The molecule has 3 rings (SSSR count). The molecule has 1 aliphatic heterocycles. The minimum atomic E-state index is 0.138. The highest BCUT2D eigenvalue weighted by molar-refractivity contribution is 6.02. The van der Waals surface area contributed by atoms with Crippen LogP contribution in [0.2, 0.25) is 0 Å². The minimum Gasteiger partial charge on any atom is -0.490 e. The van der Waals surface area contributed by atoms with Crippen molar-refractivity contribution in [3.05, 3.63) is 23.3 Å². The van der Waals surface area contributed by atoms with Gasteiger partial charge in [0.15, 0.2) is 17.3 Å². The summed E-state index contributed by atoms with van der Waals surface area (Å²) in [5.41, 5.74) is 1.97. The van der Waals surface area contributed by atoms with Gasteiger partial charge in [0, 0.05) is 11.5 Å². The normalized spacial score (nSPS) is 21.3. The maximum absolute atomic E-state index is 12.8. The van der Waals surface area contributed by atoms with Crippen molar-refractivity contribution in [3.8, 4) is 11.5 Å². The van der Waals surface area contributed by atoms with Crippen LogP contribution in [0.4, 0.5) is 0 Å². The quantitative estimate of drug-likeness (QED) is 0.875. The minimum absolute atomic E-state index is 0.138. The number of carbonyl (C=O) groups excluding carboxylic acids is 1. The zero-order chi connectivity index (χ0) is 16.2. The van der Waals surface area contributed by atoms with Gasteiger partial charge in [0.25, 0.3) is 0 Å². The summed E-state index contributed by atoms with van der Waals surface area (Å²) in [4.78, 5) is 12.8. The second kappa shape index (κ2) is 7.35. The second-order valence-electron chi connectivity index (χ2n) is 6.52. The molecule has 1 aromatic carbocycles. The molecule has 4 heteroatoms. The lowest BCUT2D eigenvalue weighted by Crippen LogP contribution is -2.29. The van der Waals surface area contributed by atoms with E-state index in [1.54, 1.807) is 0 Å². The molecule has 0 spiro atoms. The van der Waals surface area contributed by atoms with E-state index < -0.39 is 0 Å². The molecule has 2 aliphatic rings. The van der Waals surface area contributed by atoms with E-state index >= 15 is 0 Å². The zero-order valence-electron chi connectivity index (χ0n) is 14.2. The number of ketones is 1. The topological polar surface area (TPSA) is 47.6 Å². The Morgan fingerprint density at radius 2 is 1.74 bits per heavy atom. The number of benzene rings is 1. The Morgan fingerprint density at radius 1 is 1.09 bits per heavy atom. The van der Waals surface area contributed by atoms with Gasteiger partial charge in [-0.3, -0.25) is 4.79 Å². The van der Waals surface area contributed by atoms with Crippen LogP contribution in [0.15, 0.2) is 12.1 Å². The molecule has 0 amide bonds. The first kappa shape index (κ1) is 16.3. The molecule has 0 saturated carbocycles. The van der Waals surface area contributed by atoms with Crippen molar-refractivity contribution < 1.29 is 14.3 Å². The lowest BCUT2D eigenvalue weighted by atomic mass is 9.86. The summed E-state index contributed by atoms with van der Waals surface area (Å²) >= 11 is 0. The standard InChI is InChI=1S/C19H27NO3/c1-3-22-17-11-14-10-15(9-13-5-7-20-8-6-13)19(21)16(14)12-18(17)23-4-2/h11-13,15,20H,3-10H2,1-2H3. The summed E-state index contributed by atoms with van der Waals surface area (Å²) < 4.78 is 11.4. The van der Waals surface area contributed by atoms with E-state index in [0.717, 1.165) is 42.8 Å². The number of hydrogen-bond donors (Lipinski definition) is 1. The van der Waals surface area contributed by atoms with Crippen molar-refractivity contribution in [3.63, 3.8) is 0 Å². The second-order valence-corrected chi connectivity index (χ2v) is 6.52. The largest absolute Gasteiger partial charge is 0.490 e. The first-order valence-electron chi connectivity index (χ1n) is 8.90. The molecule has 1 fully saturated rings. The molecule has 4 nitrogen and oxygen atoms in total. The van der Waals surface area contributed by atoms with Crippen LogP contribution in [0.5, 0.6) is 11.5 Å². The number of carbonyl (C=O) groups is 1. The first-order valence-corrected chi connectivity index (χ1v) is 8.90. The fraction of sp³-hybridized carbons (Fsp3) is 0.632. The Bertz CT molecular complexity index is 564. The summed E-state index contributed by atoms with van der Waals surface area (Å²) in [6, 6.07) is 3.92. The van der Waals surface area contributed by atoms with Gasteiger partial charge in [-0.05, 0) is 76.2 Å². The van der Waals surface area contributed by atoms with Gasteiger partial charge in [-0.15, -0.1) is 0 Å². The van der Waals surface area contributed by atoms with Crippen molar-refractivity contribution in [2.45, 2.75) is 39.5 Å². The molecule has 1 atom stereocenters. The first-order chi connectivity index (χ1) is 11.2. The Morgan fingerprint density at radius 3 is 2.39 bits per heavy atom. The Balaban J connectivity index is 1.77. The zero-order valence-corrected chi connectivity index (χ0v) is 14.2. The highest BCUT2D eigenvalue weighted by Gasteiger charge is 2.34. The van der Waals surface area contributed by atoms with Gasteiger partial charge < -0.3 is 14.8 Å². The van der Waals surface area contributed by atoms with Crippen LogP contribution in [0, 0.1) is 11.8 Å². The van der Waals surface area contributed by atoms with Gasteiger partial charge in [0.1, 0.15) is 0 Å². The lowest BCUT2D eigenvalue weighted by Gasteiger charge is -2.24. The third kappa shape index (κ3) is 3.52. The maximum atomic E-state index is 12.8. The van der Waals surface area contributed by atoms with Crippen LogP contribution in [0.1, 0.15) is 49.0 Å². The van der Waals surface area contributed by atoms with E-state index in [1.807, 2.05) is 26.0 Å². The third-order valence-corrected chi connectivity index (χ3v) is 4.95. The average Bonchev–Trinajstić information content (AvgIpc) is 2.85. The van der Waals surface area contributed by atoms with Crippen LogP contribution < -0.4 is 14.8 Å². The molecule has 1 unspecified atom stereocenters. The maximum Gasteiger partial charge on any atom is 0.166 e. The number of nitrogens with one attached hydrogen (secondary N) is 1. The predicted molar refractivity (Wildman–Crippen MR) is 90.5 cm³/mol. The number of hydrogen-bond acceptors (Lipinski definition) is 4. The molecule has 0 radical (unpaired) electrons. The summed E-state index contributed by atoms with van der Waals surface area (Å²) in [5.74, 6) is 2.58. The summed E-state index contributed by atoms with van der Waals surface area (Å²) in [6.45, 7) is 7.26. The van der Waals surface area contributed by atoms with E-state index in [-0.39, 0.29) is 5.92 Å². The van der Waals surface area contributed by atoms with Crippen molar-refractivity contribution in [2.75, 3.05) is 26.3 Å². The molecule has 1 saturated heterocycles. The van der Waals surface area contributed by atoms with Gasteiger partial charge in [-0.2, -0.15) is 0 Å². The number of fused-ring (bicyclic) bond motifs is 1. The predicted octanol–water partition coefficient (Wildman–Crippen LogP) is 3.23.